The van der Waals surface area contributed by atoms with Crippen molar-refractivity contribution in [3.05, 3.63) is 35.4 Å². The Morgan fingerprint density at radius 1 is 1.29 bits per heavy atom. The Morgan fingerprint density at radius 3 is 2.64 bits per heavy atom. The molecule has 1 N–H and O–H groups in total. The smallest absolute Gasteiger partial charge is 0.00112 e. The lowest BCUT2D eigenvalue weighted by Crippen LogP contribution is -2.13. The Hall–Kier alpha value is -0.820. The summed E-state index contributed by atoms with van der Waals surface area (Å²) in [6, 6.07) is 8.90. The SMILES string of the molecule is CNCCc1ccccc1C1(C)CC1. The van der Waals surface area contributed by atoms with Gasteiger partial charge in [-0.1, -0.05) is 31.2 Å². The average molecular weight is 189 g/mol. The lowest BCUT2D eigenvalue weighted by atomic mass is 9.92. The van der Waals surface area contributed by atoms with Crippen molar-refractivity contribution in [3.8, 4) is 0 Å². The third kappa shape index (κ3) is 1.83. The number of benzene rings is 1. The fourth-order valence-corrected chi connectivity index (χ4v) is 2.04. The average Bonchev–Trinajstić information content (AvgIpc) is 2.95. The van der Waals surface area contributed by atoms with Crippen molar-refractivity contribution < 1.29 is 0 Å². The first-order chi connectivity index (χ1) is 6.76. The number of nitrogens with one attached hydrogen (secondary N) is 1. The summed E-state index contributed by atoms with van der Waals surface area (Å²) in [5, 5.41) is 3.22. The minimum Gasteiger partial charge on any atom is -0.319 e. The number of likely N-dealkylation sites (N-methyl/N-ethyl adjacent to an activating group) is 1. The summed E-state index contributed by atoms with van der Waals surface area (Å²) in [5.74, 6) is 0. The number of hydrogen-bond donors (Lipinski definition) is 1. The van der Waals surface area contributed by atoms with E-state index in [0.29, 0.717) is 5.41 Å². The molecule has 0 bridgehead atoms. The summed E-state index contributed by atoms with van der Waals surface area (Å²) in [4.78, 5) is 0. The highest BCUT2D eigenvalue weighted by Gasteiger charge is 2.39. The van der Waals surface area contributed by atoms with Gasteiger partial charge >= 0.3 is 0 Å². The molecule has 1 nitrogen and oxygen atoms in total. The van der Waals surface area contributed by atoms with Crippen LogP contribution in [0.4, 0.5) is 0 Å². The molecule has 2 rings (SSSR count). The van der Waals surface area contributed by atoms with Crippen LogP contribution in [0.2, 0.25) is 0 Å². The zero-order chi connectivity index (χ0) is 10.0. The Morgan fingerprint density at radius 2 is 2.00 bits per heavy atom. The largest absolute Gasteiger partial charge is 0.319 e. The van der Waals surface area contributed by atoms with Crippen molar-refractivity contribution in [1.29, 1.82) is 0 Å². The third-order valence-electron chi connectivity index (χ3n) is 3.31. The van der Waals surface area contributed by atoms with E-state index in [-0.39, 0.29) is 0 Å². The van der Waals surface area contributed by atoms with Gasteiger partial charge in [-0.2, -0.15) is 0 Å². The first-order valence-electron chi connectivity index (χ1n) is 5.49. The minimum atomic E-state index is 0.504. The van der Waals surface area contributed by atoms with Crippen molar-refractivity contribution in [1.82, 2.24) is 5.32 Å². The van der Waals surface area contributed by atoms with E-state index < -0.39 is 0 Å². The summed E-state index contributed by atoms with van der Waals surface area (Å²) in [5.41, 5.74) is 3.61. The van der Waals surface area contributed by atoms with E-state index >= 15 is 0 Å². The van der Waals surface area contributed by atoms with Gasteiger partial charge in [-0.25, -0.2) is 0 Å². The summed E-state index contributed by atoms with van der Waals surface area (Å²) < 4.78 is 0. The zero-order valence-electron chi connectivity index (χ0n) is 9.14. The fourth-order valence-electron chi connectivity index (χ4n) is 2.04. The van der Waals surface area contributed by atoms with Crippen molar-refractivity contribution >= 4 is 0 Å². The normalized spacial score (nSPS) is 18.1. The highest BCUT2D eigenvalue weighted by Crippen LogP contribution is 2.48. The van der Waals surface area contributed by atoms with E-state index in [4.69, 9.17) is 0 Å². The van der Waals surface area contributed by atoms with Gasteiger partial charge in [0.25, 0.3) is 0 Å². The predicted octanol–water partition coefficient (Wildman–Crippen LogP) is 2.50. The van der Waals surface area contributed by atoms with E-state index in [1.807, 2.05) is 7.05 Å². The molecule has 1 saturated carbocycles. The lowest BCUT2D eigenvalue weighted by Gasteiger charge is -2.14. The van der Waals surface area contributed by atoms with Gasteiger partial charge in [0.1, 0.15) is 0 Å². The standard InChI is InChI=1S/C13H19N/c1-13(8-9-13)12-6-4-3-5-11(12)7-10-14-2/h3-6,14H,7-10H2,1-2H3. The molecule has 0 saturated heterocycles. The summed E-state index contributed by atoms with van der Waals surface area (Å²) >= 11 is 0. The van der Waals surface area contributed by atoms with Gasteiger partial charge < -0.3 is 5.32 Å². The minimum absolute atomic E-state index is 0.504. The van der Waals surface area contributed by atoms with Crippen LogP contribution >= 0.6 is 0 Å². The molecule has 0 unspecified atom stereocenters. The molecule has 0 heterocycles. The molecule has 1 heteroatoms. The van der Waals surface area contributed by atoms with Gasteiger partial charge in [-0.3, -0.25) is 0 Å². The molecule has 1 aromatic rings. The Kier molecular flexibility index (Phi) is 2.60. The second-order valence-electron chi connectivity index (χ2n) is 4.57. The summed E-state index contributed by atoms with van der Waals surface area (Å²) in [6.45, 7) is 3.46. The summed E-state index contributed by atoms with van der Waals surface area (Å²) in [6.07, 6.45) is 3.88. The van der Waals surface area contributed by atoms with Gasteiger partial charge in [0.2, 0.25) is 0 Å². The molecule has 1 aromatic carbocycles. The topological polar surface area (TPSA) is 12.0 Å². The maximum atomic E-state index is 3.22. The van der Waals surface area contributed by atoms with Crippen LogP contribution in [0.15, 0.2) is 24.3 Å². The van der Waals surface area contributed by atoms with Crippen LogP contribution < -0.4 is 5.32 Å². The second-order valence-corrected chi connectivity index (χ2v) is 4.57. The van der Waals surface area contributed by atoms with E-state index in [0.717, 1.165) is 13.0 Å². The molecule has 1 aliphatic rings. The molecule has 0 aromatic heterocycles. The van der Waals surface area contributed by atoms with Crippen LogP contribution in [0, 0.1) is 0 Å². The second kappa shape index (κ2) is 3.74. The Bertz CT molecular complexity index is 313. The highest BCUT2D eigenvalue weighted by molar-refractivity contribution is 5.37. The predicted molar refractivity (Wildman–Crippen MR) is 60.7 cm³/mol. The lowest BCUT2D eigenvalue weighted by molar-refractivity contribution is 0.740. The van der Waals surface area contributed by atoms with Crippen molar-refractivity contribution in [2.45, 2.75) is 31.6 Å². The highest BCUT2D eigenvalue weighted by atomic mass is 14.8. The van der Waals surface area contributed by atoms with Crippen LogP contribution in [0.1, 0.15) is 30.9 Å². The third-order valence-corrected chi connectivity index (χ3v) is 3.31. The number of rotatable bonds is 4. The van der Waals surface area contributed by atoms with E-state index in [1.165, 1.54) is 18.4 Å². The summed E-state index contributed by atoms with van der Waals surface area (Å²) in [7, 11) is 2.02. The maximum Gasteiger partial charge on any atom is -0.00112 e. The molecule has 0 radical (unpaired) electrons. The first kappa shape index (κ1) is 9.72. The van der Waals surface area contributed by atoms with Crippen LogP contribution in [0.5, 0.6) is 0 Å². The quantitative estimate of drug-likeness (QED) is 0.767. The van der Waals surface area contributed by atoms with Crippen molar-refractivity contribution in [2.75, 3.05) is 13.6 Å². The van der Waals surface area contributed by atoms with Crippen LogP contribution in [0.3, 0.4) is 0 Å². The fraction of sp³-hybridized carbons (Fsp3) is 0.538. The molecule has 0 spiro atoms. The Balaban J connectivity index is 2.20. The molecule has 1 fully saturated rings. The van der Waals surface area contributed by atoms with Gasteiger partial charge in [-0.05, 0) is 49.4 Å². The molecular formula is C13H19N. The van der Waals surface area contributed by atoms with Gasteiger partial charge in [0, 0.05) is 0 Å². The maximum absolute atomic E-state index is 3.22. The monoisotopic (exact) mass is 189 g/mol. The molecule has 0 aliphatic heterocycles. The molecule has 1 aliphatic carbocycles. The van der Waals surface area contributed by atoms with Gasteiger partial charge in [0.05, 0.1) is 0 Å². The molecule has 0 atom stereocenters. The zero-order valence-corrected chi connectivity index (χ0v) is 9.14. The first-order valence-corrected chi connectivity index (χ1v) is 5.49. The van der Waals surface area contributed by atoms with E-state index in [1.54, 1.807) is 5.56 Å². The van der Waals surface area contributed by atoms with Gasteiger partial charge in [0.15, 0.2) is 0 Å². The van der Waals surface area contributed by atoms with Crippen LogP contribution in [-0.4, -0.2) is 13.6 Å². The van der Waals surface area contributed by atoms with Crippen molar-refractivity contribution in [2.24, 2.45) is 0 Å². The van der Waals surface area contributed by atoms with Crippen LogP contribution in [-0.2, 0) is 11.8 Å². The van der Waals surface area contributed by atoms with Crippen LogP contribution in [0.25, 0.3) is 0 Å². The van der Waals surface area contributed by atoms with E-state index in [9.17, 15) is 0 Å². The Labute approximate surface area is 86.5 Å². The molecule has 76 valence electrons. The molecule has 14 heavy (non-hydrogen) atoms. The number of hydrogen-bond acceptors (Lipinski definition) is 1. The van der Waals surface area contributed by atoms with Gasteiger partial charge in [-0.15, -0.1) is 0 Å². The van der Waals surface area contributed by atoms with E-state index in [2.05, 4.69) is 36.5 Å². The van der Waals surface area contributed by atoms with Crippen molar-refractivity contribution in [3.63, 3.8) is 0 Å². The molecule has 0 amide bonds. The molecular weight excluding hydrogens is 170 g/mol.